The van der Waals surface area contributed by atoms with Gasteiger partial charge in [0, 0.05) is 32.2 Å². The summed E-state index contributed by atoms with van der Waals surface area (Å²) in [5.74, 6) is -2.35. The lowest BCUT2D eigenvalue weighted by Crippen LogP contribution is -2.56. The average Bonchev–Trinajstić information content (AvgIpc) is 3.21. The first-order valence-electron chi connectivity index (χ1n) is 10.5. The summed E-state index contributed by atoms with van der Waals surface area (Å²) < 4.78 is 75.4. The zero-order valence-electron chi connectivity index (χ0n) is 17.8. The minimum atomic E-state index is -4.76. The molecule has 2 saturated heterocycles. The fraction of sp³-hybridized carbons (Fsp3) is 0.381. The number of benzene rings is 1. The molecule has 2 aromatic heterocycles. The molecule has 4 heterocycles. The molecule has 0 saturated carbocycles. The molecule has 5 rings (SSSR count). The van der Waals surface area contributed by atoms with Gasteiger partial charge in [-0.2, -0.15) is 13.2 Å². The van der Waals surface area contributed by atoms with Crippen LogP contribution < -0.4 is 10.6 Å². The summed E-state index contributed by atoms with van der Waals surface area (Å²) in [5, 5.41) is 3.98. The van der Waals surface area contributed by atoms with Gasteiger partial charge in [-0.3, -0.25) is 4.90 Å². The average molecular weight is 481 g/mol. The van der Waals surface area contributed by atoms with Gasteiger partial charge in [-0.1, -0.05) is 0 Å². The van der Waals surface area contributed by atoms with E-state index in [-0.39, 0.29) is 23.1 Å². The Labute approximate surface area is 190 Å². The van der Waals surface area contributed by atoms with E-state index in [2.05, 4.69) is 20.0 Å². The number of nitrogens with zero attached hydrogens (tertiary/aromatic N) is 6. The van der Waals surface area contributed by atoms with Crippen LogP contribution in [-0.2, 0) is 10.9 Å². The van der Waals surface area contributed by atoms with Crippen LogP contribution in [0.2, 0.25) is 0 Å². The molecular weight excluding hydrogens is 461 g/mol. The highest BCUT2D eigenvalue weighted by Crippen LogP contribution is 2.40. The molecule has 2 aliphatic rings. The number of ether oxygens (including phenoxy) is 1. The van der Waals surface area contributed by atoms with Crippen molar-refractivity contribution in [3.63, 3.8) is 0 Å². The molecular formula is C21H20F5N7O. The van der Waals surface area contributed by atoms with Crippen molar-refractivity contribution in [1.82, 2.24) is 24.6 Å². The molecule has 0 amide bonds. The van der Waals surface area contributed by atoms with Crippen molar-refractivity contribution in [3.05, 3.63) is 47.8 Å². The first-order chi connectivity index (χ1) is 16.2. The number of hydrogen-bond donors (Lipinski definition) is 1. The zero-order valence-corrected chi connectivity index (χ0v) is 17.8. The number of halogens is 5. The number of hydrogen-bond acceptors (Lipinski definition) is 7. The Bertz CT molecular complexity index is 1180. The minimum absolute atomic E-state index is 0.0392. The maximum atomic E-state index is 14.0. The van der Waals surface area contributed by atoms with Crippen LogP contribution in [0.25, 0.3) is 17.1 Å². The molecule has 0 aliphatic carbocycles. The number of nitrogen functional groups attached to an aromatic ring is 1. The third-order valence-corrected chi connectivity index (χ3v) is 5.94. The smallest absolute Gasteiger partial charge is 0.383 e. The molecule has 0 radical (unpaired) electrons. The van der Waals surface area contributed by atoms with Gasteiger partial charge in [-0.05, 0) is 18.2 Å². The quantitative estimate of drug-likeness (QED) is 0.574. The number of aromatic nitrogens is 4. The lowest BCUT2D eigenvalue weighted by Gasteiger charge is -2.43. The second kappa shape index (κ2) is 8.47. The van der Waals surface area contributed by atoms with Gasteiger partial charge in [0.2, 0.25) is 0 Å². The Morgan fingerprint density at radius 1 is 0.971 bits per heavy atom. The van der Waals surface area contributed by atoms with Gasteiger partial charge in [0.15, 0.2) is 5.82 Å². The molecule has 0 bridgehead atoms. The van der Waals surface area contributed by atoms with Crippen LogP contribution in [0.3, 0.4) is 0 Å². The zero-order chi connectivity index (χ0) is 24.0. The molecule has 0 spiro atoms. The lowest BCUT2D eigenvalue weighted by atomic mass is 10.1. The van der Waals surface area contributed by atoms with E-state index in [0.29, 0.717) is 51.5 Å². The van der Waals surface area contributed by atoms with E-state index in [4.69, 9.17) is 10.5 Å². The molecule has 34 heavy (non-hydrogen) atoms. The highest BCUT2D eigenvalue weighted by atomic mass is 19.4. The summed E-state index contributed by atoms with van der Waals surface area (Å²) in [6.07, 6.45) is -3.71. The number of pyridine rings is 1. The molecule has 3 aromatic rings. The van der Waals surface area contributed by atoms with E-state index in [0.717, 1.165) is 29.2 Å². The van der Waals surface area contributed by atoms with Crippen molar-refractivity contribution in [2.75, 3.05) is 50.0 Å². The third-order valence-electron chi connectivity index (χ3n) is 5.94. The predicted molar refractivity (Wildman–Crippen MR) is 112 cm³/mol. The molecule has 180 valence electrons. The fourth-order valence-electron chi connectivity index (χ4n) is 4.10. The number of nitrogens with two attached hydrogens (primary N) is 1. The lowest BCUT2D eigenvalue weighted by molar-refractivity contribution is -0.137. The molecule has 0 unspecified atom stereocenters. The predicted octanol–water partition coefficient (Wildman–Crippen LogP) is 2.73. The Morgan fingerprint density at radius 2 is 1.65 bits per heavy atom. The van der Waals surface area contributed by atoms with Crippen LogP contribution in [0.1, 0.15) is 5.56 Å². The van der Waals surface area contributed by atoms with Crippen molar-refractivity contribution >= 4 is 11.6 Å². The van der Waals surface area contributed by atoms with Crippen molar-refractivity contribution < 1.29 is 26.7 Å². The second-order valence-corrected chi connectivity index (χ2v) is 8.14. The van der Waals surface area contributed by atoms with Crippen LogP contribution in [0.5, 0.6) is 0 Å². The number of anilines is 2. The standard InChI is InChI=1S/C21H20F5N7O/c22-12-5-13(23)7-14(6-12)33-11-28-20(30-33)18-16(21(24,25)26)8-17(29-19(18)27)32-3-1-31(2-4-32)15-9-34-10-15/h5-8,11,15H,1-4,9-10H2,(H2,27,29). The summed E-state index contributed by atoms with van der Waals surface area (Å²) in [7, 11) is 0. The van der Waals surface area contributed by atoms with E-state index >= 15 is 0 Å². The topological polar surface area (TPSA) is 85.3 Å². The monoisotopic (exact) mass is 481 g/mol. The largest absolute Gasteiger partial charge is 0.417 e. The van der Waals surface area contributed by atoms with Gasteiger partial charge in [-0.15, -0.1) is 5.10 Å². The van der Waals surface area contributed by atoms with Crippen molar-refractivity contribution in [2.24, 2.45) is 0 Å². The Hall–Kier alpha value is -3.32. The Morgan fingerprint density at radius 3 is 2.24 bits per heavy atom. The van der Waals surface area contributed by atoms with E-state index < -0.39 is 28.9 Å². The third kappa shape index (κ3) is 4.28. The van der Waals surface area contributed by atoms with Crippen LogP contribution in [0, 0.1) is 11.6 Å². The van der Waals surface area contributed by atoms with E-state index in [9.17, 15) is 22.0 Å². The Balaban J connectivity index is 1.47. The molecule has 0 atom stereocenters. The number of piperazine rings is 1. The summed E-state index contributed by atoms with van der Waals surface area (Å²) in [4.78, 5) is 12.1. The normalized spacial score (nSPS) is 17.7. The van der Waals surface area contributed by atoms with Crippen LogP contribution >= 0.6 is 0 Å². The Kier molecular flexibility index (Phi) is 5.60. The van der Waals surface area contributed by atoms with Crippen molar-refractivity contribution in [2.45, 2.75) is 12.2 Å². The molecule has 2 fully saturated rings. The summed E-state index contributed by atoms with van der Waals surface area (Å²) >= 11 is 0. The maximum absolute atomic E-state index is 14.0. The summed E-state index contributed by atoms with van der Waals surface area (Å²) in [6.45, 7) is 3.68. The van der Waals surface area contributed by atoms with Crippen LogP contribution in [-0.4, -0.2) is 70.1 Å². The fourth-order valence-corrected chi connectivity index (χ4v) is 4.10. The first-order valence-corrected chi connectivity index (χ1v) is 10.5. The van der Waals surface area contributed by atoms with Crippen LogP contribution in [0.15, 0.2) is 30.6 Å². The highest BCUT2D eigenvalue weighted by molar-refractivity contribution is 5.75. The maximum Gasteiger partial charge on any atom is 0.417 e. The molecule has 13 heteroatoms. The van der Waals surface area contributed by atoms with Crippen molar-refractivity contribution in [3.8, 4) is 17.1 Å². The van der Waals surface area contributed by atoms with Gasteiger partial charge in [0.1, 0.15) is 29.6 Å². The minimum Gasteiger partial charge on any atom is -0.383 e. The van der Waals surface area contributed by atoms with Gasteiger partial charge >= 0.3 is 6.18 Å². The van der Waals surface area contributed by atoms with E-state index in [1.807, 2.05) is 0 Å². The first kappa shape index (κ1) is 22.5. The summed E-state index contributed by atoms with van der Waals surface area (Å²) in [5.41, 5.74) is 4.42. The van der Waals surface area contributed by atoms with E-state index in [1.165, 1.54) is 0 Å². The number of alkyl halides is 3. The molecule has 2 aliphatic heterocycles. The highest BCUT2D eigenvalue weighted by Gasteiger charge is 2.38. The molecule has 2 N–H and O–H groups in total. The summed E-state index contributed by atoms with van der Waals surface area (Å²) in [6, 6.07) is 3.92. The molecule has 1 aromatic carbocycles. The van der Waals surface area contributed by atoms with Gasteiger partial charge in [0.05, 0.1) is 36.1 Å². The second-order valence-electron chi connectivity index (χ2n) is 8.14. The molecule has 8 nitrogen and oxygen atoms in total. The van der Waals surface area contributed by atoms with Crippen LogP contribution in [0.4, 0.5) is 33.6 Å². The van der Waals surface area contributed by atoms with E-state index in [1.54, 1.807) is 4.90 Å². The SMILES string of the molecule is Nc1nc(N2CCN(C3COC3)CC2)cc(C(F)(F)F)c1-c1ncn(-c2cc(F)cc(F)c2)n1. The van der Waals surface area contributed by atoms with Gasteiger partial charge in [0.25, 0.3) is 0 Å². The van der Waals surface area contributed by atoms with Gasteiger partial charge in [-0.25, -0.2) is 23.4 Å². The number of rotatable bonds is 4. The van der Waals surface area contributed by atoms with Gasteiger partial charge < -0.3 is 15.4 Å². The van der Waals surface area contributed by atoms with Crippen molar-refractivity contribution in [1.29, 1.82) is 0 Å².